The van der Waals surface area contributed by atoms with Crippen molar-refractivity contribution >= 4 is 29.2 Å². The molecule has 0 aliphatic heterocycles. The lowest BCUT2D eigenvalue weighted by Crippen LogP contribution is -2.32. The highest BCUT2D eigenvalue weighted by Crippen LogP contribution is 2.18. The second-order valence-corrected chi connectivity index (χ2v) is 4.93. The van der Waals surface area contributed by atoms with Crippen molar-refractivity contribution in [1.29, 1.82) is 0 Å². The molecule has 1 aliphatic rings. The van der Waals surface area contributed by atoms with E-state index in [1.54, 1.807) is 6.07 Å². The van der Waals surface area contributed by atoms with Crippen molar-refractivity contribution in [3.63, 3.8) is 0 Å². The van der Waals surface area contributed by atoms with Gasteiger partial charge in [0, 0.05) is 19.0 Å². The third-order valence-electron chi connectivity index (χ3n) is 2.79. The minimum atomic E-state index is -0.439. The zero-order chi connectivity index (χ0) is 14.5. The molecule has 0 spiro atoms. The first kappa shape index (κ1) is 14.5. The van der Waals surface area contributed by atoms with Crippen LogP contribution in [0.5, 0.6) is 0 Å². The van der Waals surface area contributed by atoms with Gasteiger partial charge in [0.2, 0.25) is 5.91 Å². The van der Waals surface area contributed by atoms with Crippen molar-refractivity contribution in [3.05, 3.63) is 22.8 Å². The predicted molar refractivity (Wildman–Crippen MR) is 75.2 cm³/mol. The summed E-state index contributed by atoms with van der Waals surface area (Å²) >= 11 is 5.90. The van der Waals surface area contributed by atoms with Crippen LogP contribution in [0, 0.1) is 0 Å². The van der Waals surface area contributed by atoms with E-state index in [1.807, 2.05) is 0 Å². The molecule has 20 heavy (non-hydrogen) atoms. The number of nitrogens with two attached hydrogens (primary N) is 1. The van der Waals surface area contributed by atoms with Crippen molar-refractivity contribution in [2.24, 2.45) is 5.84 Å². The average Bonchev–Trinajstić information content (AvgIpc) is 3.23. The average molecular weight is 298 g/mol. The Labute approximate surface area is 121 Å². The SMILES string of the molecule is NNc1ccc(Cl)c(C(=O)NCCC(=O)NC2CC2)n1. The summed E-state index contributed by atoms with van der Waals surface area (Å²) in [6.07, 6.45) is 2.31. The third kappa shape index (κ3) is 4.07. The number of carbonyl (C=O) groups is 2. The fraction of sp³-hybridized carbons (Fsp3) is 0.417. The number of nitrogen functional groups attached to an aromatic ring is 1. The van der Waals surface area contributed by atoms with Gasteiger partial charge in [0.05, 0.1) is 5.02 Å². The van der Waals surface area contributed by atoms with Gasteiger partial charge in [-0.1, -0.05) is 11.6 Å². The normalized spacial score (nSPS) is 13.7. The summed E-state index contributed by atoms with van der Waals surface area (Å²) in [5.41, 5.74) is 2.41. The maximum Gasteiger partial charge on any atom is 0.271 e. The zero-order valence-electron chi connectivity index (χ0n) is 10.8. The van der Waals surface area contributed by atoms with Gasteiger partial charge in [-0.2, -0.15) is 0 Å². The Kier molecular flexibility index (Phi) is 4.75. The molecule has 0 radical (unpaired) electrons. The van der Waals surface area contributed by atoms with Crippen LogP contribution in [-0.2, 0) is 4.79 Å². The summed E-state index contributed by atoms with van der Waals surface area (Å²) in [7, 11) is 0. The van der Waals surface area contributed by atoms with Crippen LogP contribution in [0.3, 0.4) is 0 Å². The Balaban J connectivity index is 1.83. The largest absolute Gasteiger partial charge is 0.353 e. The number of hydrogen-bond donors (Lipinski definition) is 4. The molecule has 1 fully saturated rings. The van der Waals surface area contributed by atoms with Crippen LogP contribution in [0.25, 0.3) is 0 Å². The lowest BCUT2D eigenvalue weighted by molar-refractivity contribution is -0.121. The number of pyridine rings is 1. The summed E-state index contributed by atoms with van der Waals surface area (Å²) < 4.78 is 0. The number of carbonyl (C=O) groups excluding carboxylic acids is 2. The Morgan fingerprint density at radius 2 is 2.15 bits per heavy atom. The minimum Gasteiger partial charge on any atom is -0.353 e. The summed E-state index contributed by atoms with van der Waals surface area (Å²) in [6, 6.07) is 3.40. The zero-order valence-corrected chi connectivity index (χ0v) is 11.5. The number of rotatable bonds is 6. The molecule has 1 heterocycles. The van der Waals surface area contributed by atoms with Crippen LogP contribution in [0.4, 0.5) is 5.82 Å². The van der Waals surface area contributed by atoms with Gasteiger partial charge in [0.15, 0.2) is 0 Å². The molecule has 1 aromatic heterocycles. The van der Waals surface area contributed by atoms with Crippen LogP contribution in [0.2, 0.25) is 5.02 Å². The molecular weight excluding hydrogens is 282 g/mol. The highest BCUT2D eigenvalue weighted by atomic mass is 35.5. The second kappa shape index (κ2) is 6.53. The number of nitrogens with zero attached hydrogens (tertiary/aromatic N) is 1. The highest BCUT2D eigenvalue weighted by molar-refractivity contribution is 6.33. The van der Waals surface area contributed by atoms with Gasteiger partial charge < -0.3 is 16.1 Å². The number of amides is 2. The first-order valence-electron chi connectivity index (χ1n) is 6.31. The van der Waals surface area contributed by atoms with Gasteiger partial charge in [-0.15, -0.1) is 0 Å². The van der Waals surface area contributed by atoms with Crippen molar-refractivity contribution in [1.82, 2.24) is 15.6 Å². The molecule has 8 heteroatoms. The summed E-state index contributed by atoms with van der Waals surface area (Å²) in [5, 5.41) is 5.66. The summed E-state index contributed by atoms with van der Waals surface area (Å²) in [6.45, 7) is 0.232. The molecule has 2 rings (SSSR count). The summed E-state index contributed by atoms with van der Waals surface area (Å²) in [4.78, 5) is 27.3. The molecule has 0 aromatic carbocycles. The Morgan fingerprint density at radius 3 is 2.80 bits per heavy atom. The van der Waals surface area contributed by atoms with Gasteiger partial charge in [-0.05, 0) is 25.0 Å². The lowest BCUT2D eigenvalue weighted by atomic mass is 10.3. The molecule has 5 N–H and O–H groups in total. The van der Waals surface area contributed by atoms with E-state index in [0.717, 1.165) is 12.8 Å². The monoisotopic (exact) mass is 297 g/mol. The fourth-order valence-electron chi connectivity index (χ4n) is 1.58. The van der Waals surface area contributed by atoms with E-state index in [2.05, 4.69) is 21.0 Å². The molecule has 2 amide bonds. The van der Waals surface area contributed by atoms with Crippen LogP contribution >= 0.6 is 11.6 Å². The van der Waals surface area contributed by atoms with Gasteiger partial charge in [-0.25, -0.2) is 10.8 Å². The van der Waals surface area contributed by atoms with Gasteiger partial charge in [-0.3, -0.25) is 9.59 Å². The second-order valence-electron chi connectivity index (χ2n) is 4.52. The van der Waals surface area contributed by atoms with Crippen molar-refractivity contribution < 1.29 is 9.59 Å². The first-order chi connectivity index (χ1) is 9.60. The number of hydrazine groups is 1. The molecule has 0 saturated heterocycles. The molecule has 0 atom stereocenters. The Morgan fingerprint density at radius 1 is 1.40 bits per heavy atom. The number of nitrogens with one attached hydrogen (secondary N) is 3. The number of aromatic nitrogens is 1. The number of hydrogen-bond acceptors (Lipinski definition) is 5. The van der Waals surface area contributed by atoms with E-state index in [1.165, 1.54) is 6.07 Å². The van der Waals surface area contributed by atoms with E-state index < -0.39 is 5.91 Å². The first-order valence-corrected chi connectivity index (χ1v) is 6.68. The smallest absolute Gasteiger partial charge is 0.271 e. The maximum atomic E-state index is 11.9. The quantitative estimate of drug-likeness (QED) is 0.449. The Bertz CT molecular complexity index is 519. The molecule has 108 valence electrons. The molecule has 0 unspecified atom stereocenters. The summed E-state index contributed by atoms with van der Waals surface area (Å²) in [5.74, 6) is 5.06. The molecule has 0 bridgehead atoms. The van der Waals surface area contributed by atoms with E-state index in [9.17, 15) is 9.59 Å². The van der Waals surface area contributed by atoms with Crippen molar-refractivity contribution in [3.8, 4) is 0 Å². The predicted octanol–water partition coefficient (Wildman–Crippen LogP) is 0.419. The van der Waals surface area contributed by atoms with E-state index in [-0.39, 0.29) is 29.6 Å². The number of halogens is 1. The highest BCUT2D eigenvalue weighted by Gasteiger charge is 2.23. The van der Waals surface area contributed by atoms with Crippen molar-refractivity contribution in [2.75, 3.05) is 12.0 Å². The van der Waals surface area contributed by atoms with E-state index >= 15 is 0 Å². The lowest BCUT2D eigenvalue weighted by Gasteiger charge is -2.08. The Hall–Kier alpha value is -1.86. The fourth-order valence-corrected chi connectivity index (χ4v) is 1.77. The van der Waals surface area contributed by atoms with E-state index in [4.69, 9.17) is 17.4 Å². The topological polar surface area (TPSA) is 109 Å². The van der Waals surface area contributed by atoms with Crippen LogP contribution in [0.15, 0.2) is 12.1 Å². The van der Waals surface area contributed by atoms with Gasteiger partial charge in [0.1, 0.15) is 11.5 Å². The van der Waals surface area contributed by atoms with Gasteiger partial charge >= 0.3 is 0 Å². The van der Waals surface area contributed by atoms with Crippen LogP contribution in [-0.4, -0.2) is 29.4 Å². The third-order valence-corrected chi connectivity index (χ3v) is 3.09. The molecule has 7 nitrogen and oxygen atoms in total. The van der Waals surface area contributed by atoms with Crippen molar-refractivity contribution in [2.45, 2.75) is 25.3 Å². The molecule has 1 aromatic rings. The maximum absolute atomic E-state index is 11.9. The standard InChI is InChI=1S/C12H16ClN5O2/c13-8-3-4-9(18-14)17-11(8)12(20)15-6-5-10(19)16-7-1-2-7/h3-4,7H,1-2,5-6,14H2,(H,15,20)(H,16,19)(H,17,18). The number of anilines is 1. The van der Waals surface area contributed by atoms with Gasteiger partial charge in [0.25, 0.3) is 5.91 Å². The molecule has 1 aliphatic carbocycles. The van der Waals surface area contributed by atoms with Crippen LogP contribution < -0.4 is 21.9 Å². The van der Waals surface area contributed by atoms with E-state index in [0.29, 0.717) is 11.9 Å². The van der Waals surface area contributed by atoms with Crippen LogP contribution in [0.1, 0.15) is 29.8 Å². The minimum absolute atomic E-state index is 0.0655. The molecule has 1 saturated carbocycles. The molecular formula is C12H16ClN5O2.